The smallest absolute Gasteiger partial charge is 0.223 e. The number of hydrogen-bond donors (Lipinski definition) is 2. The van der Waals surface area contributed by atoms with Crippen LogP contribution in [-0.2, 0) is 11.3 Å². The highest BCUT2D eigenvalue weighted by molar-refractivity contribution is 5.75. The number of benzene rings is 1. The van der Waals surface area contributed by atoms with Crippen LogP contribution in [0, 0.1) is 5.82 Å². The summed E-state index contributed by atoms with van der Waals surface area (Å²) in [7, 11) is 3.33. The predicted octanol–water partition coefficient (Wildman–Crippen LogP) is 1.06. The molecule has 0 saturated heterocycles. The molecule has 0 aliphatic heterocycles. The average Bonchev–Trinajstić information content (AvgIpc) is 2.32. The second-order valence-electron chi connectivity index (χ2n) is 3.53. The van der Waals surface area contributed by atoms with Crippen LogP contribution in [0.5, 0.6) is 5.75 Å². The third-order valence-electron chi connectivity index (χ3n) is 2.27. The van der Waals surface area contributed by atoms with Crippen LogP contribution in [0.3, 0.4) is 0 Å². The highest BCUT2D eigenvalue weighted by atomic mass is 19.1. The Bertz CT molecular complexity index is 383. The molecule has 0 spiro atoms. The van der Waals surface area contributed by atoms with Crippen LogP contribution in [-0.4, -0.2) is 26.6 Å². The summed E-state index contributed by atoms with van der Waals surface area (Å²) in [6.45, 7) is 0.685. The van der Waals surface area contributed by atoms with Crippen molar-refractivity contribution in [3.63, 3.8) is 0 Å². The zero-order valence-electron chi connectivity index (χ0n) is 10.0. The summed E-state index contributed by atoms with van der Waals surface area (Å²) in [6, 6.07) is 4.76. The first-order valence-electron chi connectivity index (χ1n) is 5.44. The molecule has 17 heavy (non-hydrogen) atoms. The molecule has 0 aromatic heterocycles. The van der Waals surface area contributed by atoms with Crippen molar-refractivity contribution in [2.45, 2.75) is 13.0 Å². The number of halogens is 1. The number of para-hydroxylation sites is 1. The summed E-state index contributed by atoms with van der Waals surface area (Å²) in [6.07, 6.45) is 0.212. The molecule has 0 aliphatic carbocycles. The monoisotopic (exact) mass is 240 g/mol. The molecule has 0 aliphatic rings. The summed E-state index contributed by atoms with van der Waals surface area (Å²) < 4.78 is 18.8. The molecule has 0 saturated carbocycles. The molecule has 0 atom stereocenters. The maximum Gasteiger partial charge on any atom is 0.223 e. The van der Waals surface area contributed by atoms with Crippen LogP contribution in [0.1, 0.15) is 12.0 Å². The number of carbonyl (C=O) groups is 1. The first-order valence-corrected chi connectivity index (χ1v) is 5.44. The van der Waals surface area contributed by atoms with Crippen molar-refractivity contribution >= 4 is 5.91 Å². The Labute approximate surface area is 100 Å². The minimum atomic E-state index is -0.408. The first-order chi connectivity index (χ1) is 8.19. The fourth-order valence-corrected chi connectivity index (χ4v) is 1.42. The van der Waals surface area contributed by atoms with Gasteiger partial charge in [0, 0.05) is 19.2 Å². The van der Waals surface area contributed by atoms with E-state index in [1.54, 1.807) is 26.2 Å². The van der Waals surface area contributed by atoms with E-state index in [9.17, 15) is 9.18 Å². The number of hydrogen-bond acceptors (Lipinski definition) is 3. The Balaban J connectivity index is 2.65. The number of carbonyl (C=O) groups excluding carboxylic acids is 1. The number of amides is 1. The number of rotatable bonds is 6. The van der Waals surface area contributed by atoms with Gasteiger partial charge in [-0.25, -0.2) is 4.39 Å². The molecule has 5 heteroatoms. The van der Waals surface area contributed by atoms with Gasteiger partial charge in [0.2, 0.25) is 5.91 Å². The molecule has 1 amide bonds. The third kappa shape index (κ3) is 4.03. The molecule has 1 rings (SSSR count). The molecule has 1 aromatic carbocycles. The molecule has 0 heterocycles. The van der Waals surface area contributed by atoms with Gasteiger partial charge in [-0.05, 0) is 13.1 Å². The minimum Gasteiger partial charge on any atom is -0.490 e. The van der Waals surface area contributed by atoms with Gasteiger partial charge >= 0.3 is 0 Å². The second-order valence-corrected chi connectivity index (χ2v) is 3.53. The Morgan fingerprint density at radius 3 is 2.82 bits per heavy atom. The molecule has 2 N–H and O–H groups in total. The number of nitrogens with one attached hydrogen (secondary N) is 2. The predicted molar refractivity (Wildman–Crippen MR) is 63.3 cm³/mol. The second kappa shape index (κ2) is 6.85. The van der Waals surface area contributed by atoms with Gasteiger partial charge < -0.3 is 15.4 Å². The SMILES string of the molecule is CNCc1cccc(F)c1OCCC(=O)NC. The minimum absolute atomic E-state index is 0.128. The summed E-state index contributed by atoms with van der Waals surface area (Å²) in [5.41, 5.74) is 0.740. The fraction of sp³-hybridized carbons (Fsp3) is 0.417. The van der Waals surface area contributed by atoms with E-state index in [-0.39, 0.29) is 24.7 Å². The lowest BCUT2D eigenvalue weighted by Gasteiger charge is -2.11. The van der Waals surface area contributed by atoms with Gasteiger partial charge in [0.15, 0.2) is 11.6 Å². The first kappa shape index (κ1) is 13.4. The Morgan fingerprint density at radius 1 is 1.41 bits per heavy atom. The fourth-order valence-electron chi connectivity index (χ4n) is 1.42. The van der Waals surface area contributed by atoms with Crippen LogP contribution >= 0.6 is 0 Å². The van der Waals surface area contributed by atoms with E-state index >= 15 is 0 Å². The Morgan fingerprint density at radius 2 is 2.18 bits per heavy atom. The molecular formula is C12H17FN2O2. The van der Waals surface area contributed by atoms with Crippen molar-refractivity contribution in [1.82, 2.24) is 10.6 Å². The van der Waals surface area contributed by atoms with E-state index in [0.29, 0.717) is 6.54 Å². The summed E-state index contributed by atoms with van der Waals surface area (Å²) in [5, 5.41) is 5.42. The van der Waals surface area contributed by atoms with E-state index in [4.69, 9.17) is 4.74 Å². The van der Waals surface area contributed by atoms with Crippen molar-refractivity contribution in [1.29, 1.82) is 0 Å². The highest BCUT2D eigenvalue weighted by Crippen LogP contribution is 2.22. The molecule has 4 nitrogen and oxygen atoms in total. The van der Waals surface area contributed by atoms with Crippen LogP contribution in [0.15, 0.2) is 18.2 Å². The van der Waals surface area contributed by atoms with Gasteiger partial charge in [0.05, 0.1) is 13.0 Å². The van der Waals surface area contributed by atoms with Crippen molar-refractivity contribution in [3.05, 3.63) is 29.6 Å². The van der Waals surface area contributed by atoms with E-state index in [0.717, 1.165) is 5.56 Å². The van der Waals surface area contributed by atoms with Gasteiger partial charge in [-0.15, -0.1) is 0 Å². The lowest BCUT2D eigenvalue weighted by atomic mass is 10.2. The maximum absolute atomic E-state index is 13.5. The van der Waals surface area contributed by atoms with Crippen molar-refractivity contribution in [2.75, 3.05) is 20.7 Å². The van der Waals surface area contributed by atoms with E-state index in [1.165, 1.54) is 6.07 Å². The molecule has 0 unspecified atom stereocenters. The molecule has 1 aromatic rings. The molecule has 0 fully saturated rings. The zero-order valence-corrected chi connectivity index (χ0v) is 10.0. The largest absolute Gasteiger partial charge is 0.490 e. The van der Waals surface area contributed by atoms with Gasteiger partial charge in [-0.2, -0.15) is 0 Å². The Hall–Kier alpha value is -1.62. The third-order valence-corrected chi connectivity index (χ3v) is 2.27. The average molecular weight is 240 g/mol. The van der Waals surface area contributed by atoms with Gasteiger partial charge in [-0.3, -0.25) is 4.79 Å². The quantitative estimate of drug-likeness (QED) is 0.781. The molecular weight excluding hydrogens is 223 g/mol. The van der Waals surface area contributed by atoms with E-state index < -0.39 is 5.82 Å². The van der Waals surface area contributed by atoms with Crippen LogP contribution in [0.2, 0.25) is 0 Å². The lowest BCUT2D eigenvalue weighted by Crippen LogP contribution is -2.20. The summed E-state index contributed by atoms with van der Waals surface area (Å²) in [4.78, 5) is 11.0. The molecule has 94 valence electrons. The number of ether oxygens (including phenoxy) is 1. The standard InChI is InChI=1S/C12H17FN2O2/c1-14-8-9-4-3-5-10(13)12(9)17-7-6-11(16)15-2/h3-5,14H,6-8H2,1-2H3,(H,15,16). The normalized spacial score (nSPS) is 10.1. The lowest BCUT2D eigenvalue weighted by molar-refractivity contribution is -0.121. The maximum atomic E-state index is 13.5. The summed E-state index contributed by atoms with van der Waals surface area (Å²) in [5.74, 6) is -0.322. The molecule has 0 bridgehead atoms. The van der Waals surface area contributed by atoms with Crippen molar-refractivity contribution in [2.24, 2.45) is 0 Å². The zero-order chi connectivity index (χ0) is 12.7. The highest BCUT2D eigenvalue weighted by Gasteiger charge is 2.09. The van der Waals surface area contributed by atoms with Crippen LogP contribution < -0.4 is 15.4 Å². The van der Waals surface area contributed by atoms with Crippen molar-refractivity contribution < 1.29 is 13.9 Å². The molecule has 0 radical (unpaired) electrons. The topological polar surface area (TPSA) is 50.4 Å². The van der Waals surface area contributed by atoms with Crippen LogP contribution in [0.4, 0.5) is 4.39 Å². The van der Waals surface area contributed by atoms with Gasteiger partial charge in [0.25, 0.3) is 0 Å². The Kier molecular flexibility index (Phi) is 5.42. The van der Waals surface area contributed by atoms with E-state index in [1.807, 2.05) is 0 Å². The van der Waals surface area contributed by atoms with Gasteiger partial charge in [0.1, 0.15) is 0 Å². The van der Waals surface area contributed by atoms with Crippen LogP contribution in [0.25, 0.3) is 0 Å². The summed E-state index contributed by atoms with van der Waals surface area (Å²) >= 11 is 0. The van der Waals surface area contributed by atoms with E-state index in [2.05, 4.69) is 10.6 Å². The van der Waals surface area contributed by atoms with Crippen molar-refractivity contribution in [3.8, 4) is 5.75 Å². The van der Waals surface area contributed by atoms with Gasteiger partial charge in [-0.1, -0.05) is 12.1 Å².